The molecule has 0 radical (unpaired) electrons. The minimum absolute atomic E-state index is 0.0746. The van der Waals surface area contributed by atoms with Gasteiger partial charge in [0, 0.05) is 18.9 Å². The molecule has 1 unspecified atom stereocenters. The molecule has 1 atom stereocenters. The average molecular weight is 378 g/mol. The van der Waals surface area contributed by atoms with Gasteiger partial charge in [0.25, 0.3) is 6.43 Å². The van der Waals surface area contributed by atoms with Gasteiger partial charge in [-0.15, -0.1) is 0 Å². The lowest BCUT2D eigenvalue weighted by atomic mass is 9.73. The molecular formula is C20H25F2N3S. The Hall–Kier alpha value is -1.82. The van der Waals surface area contributed by atoms with Crippen LogP contribution in [0.2, 0.25) is 0 Å². The zero-order valence-electron chi connectivity index (χ0n) is 15.8. The highest BCUT2D eigenvalue weighted by atomic mass is 32.1. The quantitative estimate of drug-likeness (QED) is 0.738. The van der Waals surface area contributed by atoms with Crippen molar-refractivity contribution in [2.24, 2.45) is 18.9 Å². The zero-order valence-corrected chi connectivity index (χ0v) is 16.6. The van der Waals surface area contributed by atoms with Crippen LogP contribution in [0, 0.1) is 11.8 Å². The van der Waals surface area contributed by atoms with Crippen molar-refractivity contribution < 1.29 is 8.78 Å². The summed E-state index contributed by atoms with van der Waals surface area (Å²) in [5.41, 5.74) is 3.54. The third-order valence-electron chi connectivity index (χ3n) is 5.58. The number of nitrogens with zero attached hydrogens (tertiary/aromatic N) is 2. The van der Waals surface area contributed by atoms with Gasteiger partial charge in [-0.1, -0.05) is 52.0 Å². The Kier molecular flexibility index (Phi) is 4.90. The van der Waals surface area contributed by atoms with Gasteiger partial charge in [0.05, 0.1) is 5.56 Å². The van der Waals surface area contributed by atoms with Crippen LogP contribution in [0.1, 0.15) is 56.5 Å². The van der Waals surface area contributed by atoms with Crippen LogP contribution in [0.15, 0.2) is 24.4 Å². The van der Waals surface area contributed by atoms with Crippen molar-refractivity contribution in [3.05, 3.63) is 46.8 Å². The van der Waals surface area contributed by atoms with E-state index in [1.54, 1.807) is 13.2 Å². The van der Waals surface area contributed by atoms with E-state index >= 15 is 0 Å². The maximum atomic E-state index is 13.2. The number of anilines is 1. The molecule has 1 aliphatic carbocycles. The van der Waals surface area contributed by atoms with Crippen LogP contribution in [-0.2, 0) is 18.9 Å². The summed E-state index contributed by atoms with van der Waals surface area (Å²) in [7, 11) is 1.62. The number of rotatable bonds is 4. The standard InChI is InChI=1S/C20H25F2N3S/c1-11(2)15-9-12-14(20(15,3)4)7-6-8-16(12)23-19(26)13-10-25(5)24-17(13)18(21)22/h6-8,10-11,15,18H,9H2,1-5H3,(H,23,26). The normalized spacial score (nSPS) is 18.4. The maximum Gasteiger partial charge on any atom is 0.282 e. The van der Waals surface area contributed by atoms with Crippen molar-refractivity contribution >= 4 is 22.9 Å². The van der Waals surface area contributed by atoms with Gasteiger partial charge in [-0.2, -0.15) is 5.10 Å². The number of aryl methyl sites for hydroxylation is 1. The Morgan fingerprint density at radius 3 is 2.65 bits per heavy atom. The topological polar surface area (TPSA) is 29.9 Å². The highest BCUT2D eigenvalue weighted by Gasteiger charge is 2.41. The second-order valence-electron chi connectivity index (χ2n) is 7.96. The van der Waals surface area contributed by atoms with E-state index in [-0.39, 0.29) is 21.7 Å². The number of fused-ring (bicyclic) bond motifs is 1. The first-order valence-corrected chi connectivity index (χ1v) is 9.29. The molecule has 0 spiro atoms. The fourth-order valence-corrected chi connectivity index (χ4v) is 4.57. The van der Waals surface area contributed by atoms with E-state index < -0.39 is 6.43 Å². The van der Waals surface area contributed by atoms with Gasteiger partial charge >= 0.3 is 0 Å². The Morgan fingerprint density at radius 1 is 1.35 bits per heavy atom. The van der Waals surface area contributed by atoms with Crippen LogP contribution in [0.3, 0.4) is 0 Å². The monoisotopic (exact) mass is 377 g/mol. The number of benzene rings is 1. The summed E-state index contributed by atoms with van der Waals surface area (Å²) in [6.07, 6.45) is -0.154. The molecule has 26 heavy (non-hydrogen) atoms. The van der Waals surface area contributed by atoms with E-state index in [4.69, 9.17) is 12.2 Å². The van der Waals surface area contributed by atoms with Gasteiger partial charge in [0.15, 0.2) is 0 Å². The lowest BCUT2D eigenvalue weighted by Crippen LogP contribution is -2.28. The molecule has 0 amide bonds. The first-order valence-electron chi connectivity index (χ1n) is 8.88. The lowest BCUT2D eigenvalue weighted by Gasteiger charge is -2.31. The molecule has 6 heteroatoms. The van der Waals surface area contributed by atoms with Gasteiger partial charge < -0.3 is 5.32 Å². The lowest BCUT2D eigenvalue weighted by molar-refractivity contribution is 0.145. The second-order valence-corrected chi connectivity index (χ2v) is 8.37. The predicted molar refractivity (Wildman–Crippen MR) is 105 cm³/mol. The van der Waals surface area contributed by atoms with E-state index in [0.29, 0.717) is 11.8 Å². The fraction of sp³-hybridized carbons (Fsp3) is 0.500. The number of thiocarbonyl (C=S) groups is 1. The van der Waals surface area contributed by atoms with Crippen LogP contribution in [0.4, 0.5) is 14.5 Å². The smallest absolute Gasteiger partial charge is 0.282 e. The fourth-order valence-electron chi connectivity index (χ4n) is 4.30. The molecule has 0 fully saturated rings. The molecule has 140 valence electrons. The molecule has 0 saturated heterocycles. The van der Waals surface area contributed by atoms with E-state index in [9.17, 15) is 8.78 Å². The Labute approximate surface area is 158 Å². The minimum Gasteiger partial charge on any atom is -0.346 e. The maximum absolute atomic E-state index is 13.2. The first kappa shape index (κ1) is 19.0. The van der Waals surface area contributed by atoms with Gasteiger partial charge in [0.1, 0.15) is 10.7 Å². The SMILES string of the molecule is CC(C)C1Cc2c(NC(=S)c3cn(C)nc3C(F)F)cccc2C1(C)C. The van der Waals surface area contributed by atoms with Crippen molar-refractivity contribution in [2.45, 2.75) is 46.0 Å². The van der Waals surface area contributed by atoms with Crippen molar-refractivity contribution in [1.82, 2.24) is 9.78 Å². The van der Waals surface area contributed by atoms with E-state index in [1.165, 1.54) is 15.8 Å². The van der Waals surface area contributed by atoms with Crippen molar-refractivity contribution in [1.29, 1.82) is 0 Å². The molecule has 2 aromatic rings. The van der Waals surface area contributed by atoms with E-state index in [1.807, 2.05) is 12.1 Å². The summed E-state index contributed by atoms with van der Waals surface area (Å²) in [4.78, 5) is 0.285. The van der Waals surface area contributed by atoms with Crippen molar-refractivity contribution in [2.75, 3.05) is 5.32 Å². The number of hydrogen-bond acceptors (Lipinski definition) is 2. The van der Waals surface area contributed by atoms with Crippen LogP contribution in [0.5, 0.6) is 0 Å². The van der Waals surface area contributed by atoms with Gasteiger partial charge in [-0.25, -0.2) is 8.78 Å². The first-order chi connectivity index (χ1) is 12.1. The number of hydrogen-bond donors (Lipinski definition) is 1. The second kappa shape index (κ2) is 6.72. The van der Waals surface area contributed by atoms with Crippen LogP contribution < -0.4 is 5.32 Å². The number of halogens is 2. The summed E-state index contributed by atoms with van der Waals surface area (Å²) in [5.74, 6) is 1.09. The minimum atomic E-state index is -2.66. The van der Waals surface area contributed by atoms with Crippen molar-refractivity contribution in [3.8, 4) is 0 Å². The molecule has 1 aromatic carbocycles. The van der Waals surface area contributed by atoms with E-state index in [2.05, 4.69) is 44.2 Å². The number of aromatic nitrogens is 2. The molecule has 0 saturated carbocycles. The Morgan fingerprint density at radius 2 is 2.04 bits per heavy atom. The molecule has 0 aliphatic heterocycles. The Balaban J connectivity index is 1.95. The molecule has 1 heterocycles. The third-order valence-corrected chi connectivity index (χ3v) is 5.90. The highest BCUT2D eigenvalue weighted by Crippen LogP contribution is 2.48. The molecule has 3 nitrogen and oxygen atoms in total. The third kappa shape index (κ3) is 3.15. The summed E-state index contributed by atoms with van der Waals surface area (Å²) >= 11 is 5.43. The molecule has 0 bridgehead atoms. The summed E-state index contributed by atoms with van der Waals surface area (Å²) in [6.45, 7) is 9.06. The number of nitrogens with one attached hydrogen (secondary N) is 1. The molecular weight excluding hydrogens is 352 g/mol. The molecule has 1 aliphatic rings. The number of alkyl halides is 2. The largest absolute Gasteiger partial charge is 0.346 e. The summed E-state index contributed by atoms with van der Waals surface area (Å²) in [5, 5.41) is 7.05. The van der Waals surface area contributed by atoms with Crippen molar-refractivity contribution in [3.63, 3.8) is 0 Å². The van der Waals surface area contributed by atoms with Gasteiger partial charge in [-0.3, -0.25) is 4.68 Å². The predicted octanol–water partition coefficient (Wildman–Crippen LogP) is 5.25. The molecule has 1 aromatic heterocycles. The van der Waals surface area contributed by atoms with E-state index in [0.717, 1.165) is 12.1 Å². The average Bonchev–Trinajstić information content (AvgIpc) is 3.06. The van der Waals surface area contributed by atoms with Gasteiger partial charge in [-0.05, 0) is 40.9 Å². The molecule has 1 N–H and O–H groups in total. The summed E-state index contributed by atoms with van der Waals surface area (Å²) in [6, 6.07) is 6.15. The van der Waals surface area contributed by atoms with Crippen LogP contribution in [0.25, 0.3) is 0 Å². The van der Waals surface area contributed by atoms with Crippen LogP contribution >= 0.6 is 12.2 Å². The zero-order chi connectivity index (χ0) is 19.2. The van der Waals surface area contributed by atoms with Crippen LogP contribution in [-0.4, -0.2) is 14.8 Å². The summed E-state index contributed by atoms with van der Waals surface area (Å²) < 4.78 is 27.8. The molecule has 3 rings (SSSR count). The highest BCUT2D eigenvalue weighted by molar-refractivity contribution is 7.81. The Bertz CT molecular complexity index is 840. The van der Waals surface area contributed by atoms with Gasteiger partial charge in [0.2, 0.25) is 0 Å².